The van der Waals surface area contributed by atoms with Gasteiger partial charge in [0.05, 0.1) is 0 Å². The van der Waals surface area contributed by atoms with E-state index < -0.39 is 0 Å². The normalized spacial score (nSPS) is 8.77. The summed E-state index contributed by atoms with van der Waals surface area (Å²) in [6.07, 6.45) is 0.653. The summed E-state index contributed by atoms with van der Waals surface area (Å²) in [5, 5.41) is 0. The number of rotatable bonds is 1. The lowest BCUT2D eigenvalue weighted by Gasteiger charge is -1.94. The molecule has 1 aromatic rings. The highest BCUT2D eigenvalue weighted by atomic mass is 16.1. The third-order valence-corrected chi connectivity index (χ3v) is 1.68. The van der Waals surface area contributed by atoms with Crippen LogP contribution < -0.4 is 0 Å². The van der Waals surface area contributed by atoms with Crippen LogP contribution in [0.5, 0.6) is 0 Å². The molecule has 0 amide bonds. The monoisotopic (exact) mass is 174 g/mol. The lowest BCUT2D eigenvalue weighted by Crippen LogP contribution is -1.84. The maximum atomic E-state index is 10.5. The third kappa shape index (κ3) is 3.57. The zero-order chi connectivity index (χ0) is 9.68. The largest absolute Gasteiger partial charge is 0.285 e. The molecule has 0 heterocycles. The maximum Gasteiger partial charge on any atom is 0.202 e. The highest BCUT2D eigenvalue weighted by molar-refractivity contribution is 5.93. The average molecular weight is 174 g/mol. The van der Waals surface area contributed by atoms with E-state index in [2.05, 4.69) is 11.8 Å². The molecule has 0 aliphatic carbocycles. The Balaban J connectivity index is 0.00000169. The molecule has 0 unspecified atom stereocenters. The molecule has 0 aromatic heterocycles. The van der Waals surface area contributed by atoms with Crippen LogP contribution in [0.15, 0.2) is 24.3 Å². The number of carbonyl (C=O) groups excluding carboxylic acids is 1. The topological polar surface area (TPSA) is 17.1 Å². The SMILES string of the molecule is CC(=O)C#CCc1ccc(C)cc1.[HH]. The summed E-state index contributed by atoms with van der Waals surface area (Å²) in [5.74, 6) is 5.26. The van der Waals surface area contributed by atoms with Gasteiger partial charge >= 0.3 is 0 Å². The Labute approximate surface area is 80.3 Å². The van der Waals surface area contributed by atoms with Crippen molar-refractivity contribution in [1.82, 2.24) is 0 Å². The van der Waals surface area contributed by atoms with Gasteiger partial charge in [-0.05, 0) is 18.4 Å². The third-order valence-electron chi connectivity index (χ3n) is 1.68. The summed E-state index contributed by atoms with van der Waals surface area (Å²) in [6, 6.07) is 8.16. The van der Waals surface area contributed by atoms with Crippen LogP contribution in [0.25, 0.3) is 0 Å². The van der Waals surface area contributed by atoms with Crippen LogP contribution in [-0.2, 0) is 11.2 Å². The van der Waals surface area contributed by atoms with E-state index in [1.807, 2.05) is 31.2 Å². The molecule has 13 heavy (non-hydrogen) atoms. The van der Waals surface area contributed by atoms with Gasteiger partial charge in [0.15, 0.2) is 0 Å². The first-order chi connectivity index (χ1) is 6.18. The van der Waals surface area contributed by atoms with Gasteiger partial charge < -0.3 is 0 Å². The minimum absolute atomic E-state index is 0. The minimum atomic E-state index is -0.0767. The fourth-order valence-corrected chi connectivity index (χ4v) is 0.977. The number of benzene rings is 1. The van der Waals surface area contributed by atoms with Crippen molar-refractivity contribution in [2.24, 2.45) is 0 Å². The predicted molar refractivity (Wildman–Crippen MR) is 55.5 cm³/mol. The van der Waals surface area contributed by atoms with Gasteiger partial charge in [0.25, 0.3) is 0 Å². The van der Waals surface area contributed by atoms with Crippen molar-refractivity contribution in [2.45, 2.75) is 20.3 Å². The summed E-state index contributed by atoms with van der Waals surface area (Å²) >= 11 is 0. The molecule has 0 spiro atoms. The summed E-state index contributed by atoms with van der Waals surface area (Å²) in [4.78, 5) is 10.5. The van der Waals surface area contributed by atoms with Crippen LogP contribution in [0.4, 0.5) is 0 Å². The second-order valence-electron chi connectivity index (χ2n) is 3.02. The zero-order valence-electron chi connectivity index (χ0n) is 7.92. The zero-order valence-corrected chi connectivity index (χ0v) is 7.92. The van der Waals surface area contributed by atoms with Crippen LogP contribution in [0.1, 0.15) is 19.5 Å². The Morgan fingerprint density at radius 1 is 1.38 bits per heavy atom. The van der Waals surface area contributed by atoms with Gasteiger partial charge in [-0.3, -0.25) is 4.79 Å². The molecule has 1 nitrogen and oxygen atoms in total. The molecule has 0 bridgehead atoms. The molecule has 0 aliphatic rings. The highest BCUT2D eigenvalue weighted by Crippen LogP contribution is 2.02. The molecule has 1 heteroatoms. The van der Waals surface area contributed by atoms with E-state index >= 15 is 0 Å². The average Bonchev–Trinajstić information content (AvgIpc) is 2.08. The standard InChI is InChI=1S/C12H12O.H2/c1-10-6-8-12(9-7-10)5-3-4-11(2)13;/h6-9H,5H2,1-2H3;1H. The first-order valence-electron chi connectivity index (χ1n) is 4.23. The predicted octanol–water partition coefficient (Wildman–Crippen LogP) is 2.38. The second-order valence-corrected chi connectivity index (χ2v) is 3.02. The number of ketones is 1. The quantitative estimate of drug-likeness (QED) is 0.472. The Hall–Kier alpha value is -1.55. The van der Waals surface area contributed by atoms with E-state index in [0.717, 1.165) is 5.56 Å². The maximum absolute atomic E-state index is 10.5. The molecule has 0 saturated carbocycles. The fourth-order valence-electron chi connectivity index (χ4n) is 0.977. The number of aryl methyl sites for hydroxylation is 1. The van der Waals surface area contributed by atoms with Crippen LogP contribution in [0, 0.1) is 18.8 Å². The molecule has 1 aromatic carbocycles. The van der Waals surface area contributed by atoms with Gasteiger partial charge in [0.2, 0.25) is 5.78 Å². The van der Waals surface area contributed by atoms with Gasteiger partial charge in [-0.2, -0.15) is 0 Å². The summed E-state index contributed by atoms with van der Waals surface area (Å²) in [6.45, 7) is 3.52. The number of carbonyl (C=O) groups is 1. The van der Waals surface area contributed by atoms with E-state index in [0.29, 0.717) is 6.42 Å². The molecular weight excluding hydrogens is 160 g/mol. The van der Waals surface area contributed by atoms with E-state index in [1.165, 1.54) is 12.5 Å². The van der Waals surface area contributed by atoms with Crippen LogP contribution >= 0.6 is 0 Å². The van der Waals surface area contributed by atoms with Gasteiger partial charge in [-0.25, -0.2) is 0 Å². The smallest absolute Gasteiger partial charge is 0.202 e. The van der Waals surface area contributed by atoms with E-state index in [4.69, 9.17) is 0 Å². The van der Waals surface area contributed by atoms with Crippen molar-refractivity contribution >= 4 is 5.78 Å². The van der Waals surface area contributed by atoms with Crippen molar-refractivity contribution in [3.63, 3.8) is 0 Å². The lowest BCUT2D eigenvalue weighted by atomic mass is 10.1. The van der Waals surface area contributed by atoms with Gasteiger partial charge in [-0.15, -0.1) is 0 Å². The van der Waals surface area contributed by atoms with Crippen LogP contribution in [-0.4, -0.2) is 5.78 Å². The van der Waals surface area contributed by atoms with E-state index in [9.17, 15) is 4.79 Å². The van der Waals surface area contributed by atoms with Crippen LogP contribution in [0.2, 0.25) is 0 Å². The molecule has 1 rings (SSSR count). The Morgan fingerprint density at radius 3 is 2.54 bits per heavy atom. The van der Waals surface area contributed by atoms with Crippen molar-refractivity contribution in [3.05, 3.63) is 35.4 Å². The van der Waals surface area contributed by atoms with Crippen molar-refractivity contribution in [1.29, 1.82) is 0 Å². The fraction of sp³-hybridized carbons (Fsp3) is 0.250. The van der Waals surface area contributed by atoms with Crippen molar-refractivity contribution < 1.29 is 6.22 Å². The molecule has 0 radical (unpaired) electrons. The second kappa shape index (κ2) is 4.47. The molecule has 0 aliphatic heterocycles. The molecule has 0 fully saturated rings. The molecule has 68 valence electrons. The van der Waals surface area contributed by atoms with Crippen LogP contribution in [0.3, 0.4) is 0 Å². The Kier molecular flexibility index (Phi) is 3.28. The number of Topliss-reactive ketones (excluding diaryl/α,β-unsaturated/α-hetero) is 1. The minimum Gasteiger partial charge on any atom is -0.285 e. The molecule has 0 N–H and O–H groups in total. The number of hydrogen-bond acceptors (Lipinski definition) is 1. The van der Waals surface area contributed by atoms with Gasteiger partial charge in [0, 0.05) is 14.8 Å². The lowest BCUT2D eigenvalue weighted by molar-refractivity contribution is -0.111. The van der Waals surface area contributed by atoms with E-state index in [1.54, 1.807) is 0 Å². The molecular formula is C12H14O. The van der Waals surface area contributed by atoms with Crippen molar-refractivity contribution in [3.8, 4) is 11.8 Å². The Morgan fingerprint density at radius 2 is 2.00 bits per heavy atom. The Bertz CT molecular complexity index is 354. The first kappa shape index (κ1) is 9.54. The highest BCUT2D eigenvalue weighted by Gasteiger charge is 1.88. The summed E-state index contributed by atoms with van der Waals surface area (Å²) in [7, 11) is 0. The van der Waals surface area contributed by atoms with Gasteiger partial charge in [-0.1, -0.05) is 35.7 Å². The number of hydrogen-bond donors (Lipinski definition) is 0. The molecule has 0 saturated heterocycles. The van der Waals surface area contributed by atoms with Gasteiger partial charge in [0.1, 0.15) is 0 Å². The van der Waals surface area contributed by atoms with Crippen molar-refractivity contribution in [2.75, 3.05) is 0 Å². The summed E-state index contributed by atoms with van der Waals surface area (Å²) < 4.78 is 0. The van der Waals surface area contributed by atoms with E-state index in [-0.39, 0.29) is 7.21 Å². The summed E-state index contributed by atoms with van der Waals surface area (Å²) in [5.41, 5.74) is 2.39. The first-order valence-corrected chi connectivity index (χ1v) is 4.23. The molecule has 0 atom stereocenters.